The first-order valence-electron chi connectivity index (χ1n) is 22.8. The number of aliphatic hydroxyl groups excluding tert-OH is 1. The molecule has 20 nitrogen and oxygen atoms in total. The van der Waals surface area contributed by atoms with E-state index >= 15 is 0 Å². The van der Waals surface area contributed by atoms with Gasteiger partial charge < -0.3 is 51.0 Å². The van der Waals surface area contributed by atoms with E-state index < -0.39 is 53.8 Å². The molecule has 4 rings (SSSR count). The van der Waals surface area contributed by atoms with Crippen LogP contribution < -0.4 is 36.6 Å². The van der Waals surface area contributed by atoms with E-state index in [0.29, 0.717) is 36.1 Å². The fourth-order valence-corrected chi connectivity index (χ4v) is 7.32. The predicted octanol–water partition coefficient (Wildman–Crippen LogP) is 2.91. The van der Waals surface area contributed by atoms with Crippen LogP contribution in [-0.2, 0) is 61.6 Å². The zero-order chi connectivity index (χ0) is 50.2. The fraction of sp³-hybridized carbons (Fsp3) is 0.542. The lowest BCUT2D eigenvalue weighted by Gasteiger charge is -2.36. The molecule has 0 saturated carbocycles. The number of hydrogen-bond donors (Lipinski definition) is 8. The number of nitrogens with one attached hydrogen (secondary N) is 6. The molecular weight excluding hydrogens is 883 g/mol. The number of carbonyl (C=O) groups excluding carboxylic acids is 7. The summed E-state index contributed by atoms with van der Waals surface area (Å²) in [6.45, 7) is 11.6. The number of ether oxygens (including phenoxy) is 3. The summed E-state index contributed by atoms with van der Waals surface area (Å²) in [6, 6.07) is 11.2. The number of carboxylic acids is 1. The molecule has 7 amide bonds. The molecular formula is C48H67N7O13. The van der Waals surface area contributed by atoms with Crippen molar-refractivity contribution in [2.75, 3.05) is 32.0 Å². The number of imide groups is 1. The minimum atomic E-state index is -1.30. The Kier molecular flexibility index (Phi) is 20.0. The second-order valence-electron chi connectivity index (χ2n) is 18.5. The van der Waals surface area contributed by atoms with Crippen molar-refractivity contribution >= 4 is 53.2 Å². The van der Waals surface area contributed by atoms with Gasteiger partial charge in [0.05, 0.1) is 18.7 Å². The lowest BCUT2D eigenvalue weighted by atomic mass is 9.76. The number of aliphatic hydroxyl groups is 1. The number of unbranched alkanes of at least 4 members (excludes halogenated alkanes) is 2. The molecule has 2 aromatic rings. The van der Waals surface area contributed by atoms with Crippen LogP contribution in [0.2, 0.25) is 0 Å². The van der Waals surface area contributed by atoms with Gasteiger partial charge in [0.15, 0.2) is 6.10 Å². The van der Waals surface area contributed by atoms with Crippen molar-refractivity contribution in [3.63, 3.8) is 0 Å². The van der Waals surface area contributed by atoms with Crippen LogP contribution >= 0.6 is 0 Å². The van der Waals surface area contributed by atoms with Gasteiger partial charge in [-0.1, -0.05) is 59.2 Å². The Morgan fingerprint density at radius 3 is 2.25 bits per heavy atom. The molecule has 8 N–H and O–H groups in total. The predicted molar refractivity (Wildman–Crippen MR) is 249 cm³/mol. The standard InChI is InChI=1S/C48H67N7O13/c1-29(47(2,3)4)53-44(62)43(49-7)48(5,6)32-12-11-13-33(23-32)54-46(65)66-28-30-15-16-35(67-42-25-34(56)24-36(68-42)45(63)64)31(22-30)26-51-38(58)19-20-50-39(59)27-52-37(57)14-9-8-10-21-55-40(60)17-18-41(55)61/h11-13,15-18,22-23,29,34,36,42-43,49,56H,8-10,14,19-21,24-28H2,1-7H3,(H,50,59)(H,51,58)(H,52,57)(H,53,62)(H,54,65)(H,63,64). The summed E-state index contributed by atoms with van der Waals surface area (Å²) in [6.07, 6.45) is -0.181. The van der Waals surface area contributed by atoms with Gasteiger partial charge in [0.25, 0.3) is 11.8 Å². The Morgan fingerprint density at radius 1 is 0.868 bits per heavy atom. The third kappa shape index (κ3) is 16.7. The SMILES string of the molecule is CNC(C(=O)NC(C)C(C)(C)C)C(C)(C)c1cccc(NC(=O)OCc2ccc(OC3CC(O)CC(C(=O)O)O3)c(CNC(=O)CCNC(=O)CNC(=O)CCCCCN3C(=O)C=CC3=O)c2)c1. The number of likely N-dealkylation sites (N-methyl/N-ethyl adjacent to an activating group) is 1. The topological polar surface area (TPSA) is 280 Å². The molecule has 372 valence electrons. The average Bonchev–Trinajstić information content (AvgIpc) is 3.59. The minimum absolute atomic E-state index is 0.0122. The molecule has 1 saturated heterocycles. The second-order valence-corrected chi connectivity index (χ2v) is 18.5. The van der Waals surface area contributed by atoms with Gasteiger partial charge in [-0.05, 0) is 67.6 Å². The Labute approximate surface area is 396 Å². The van der Waals surface area contributed by atoms with Crippen LogP contribution in [-0.4, -0.2) is 120 Å². The molecule has 0 aromatic heterocycles. The molecule has 0 aliphatic carbocycles. The zero-order valence-corrected chi connectivity index (χ0v) is 39.9. The van der Waals surface area contributed by atoms with E-state index in [1.807, 2.05) is 26.8 Å². The maximum Gasteiger partial charge on any atom is 0.411 e. The van der Waals surface area contributed by atoms with Crippen molar-refractivity contribution in [3.8, 4) is 5.75 Å². The van der Waals surface area contributed by atoms with Crippen LogP contribution in [0, 0.1) is 5.41 Å². The number of hydrogen-bond acceptors (Lipinski definition) is 13. The van der Waals surface area contributed by atoms with Gasteiger partial charge in [0, 0.05) is 80.2 Å². The lowest BCUT2D eigenvalue weighted by Crippen LogP contribution is -2.56. The number of rotatable bonds is 24. The number of anilines is 1. The van der Waals surface area contributed by atoms with Gasteiger partial charge in [0.2, 0.25) is 29.9 Å². The molecule has 0 radical (unpaired) electrons. The van der Waals surface area contributed by atoms with Crippen molar-refractivity contribution < 1.29 is 62.8 Å². The quantitative estimate of drug-likeness (QED) is 0.0555. The van der Waals surface area contributed by atoms with E-state index in [0.717, 1.165) is 10.5 Å². The molecule has 20 heteroatoms. The summed E-state index contributed by atoms with van der Waals surface area (Å²) in [7, 11) is 1.73. The van der Waals surface area contributed by atoms with Gasteiger partial charge in [0.1, 0.15) is 12.4 Å². The summed E-state index contributed by atoms with van der Waals surface area (Å²) >= 11 is 0. The van der Waals surface area contributed by atoms with Crippen LogP contribution in [0.5, 0.6) is 5.75 Å². The van der Waals surface area contributed by atoms with Crippen molar-refractivity contribution in [2.45, 2.75) is 136 Å². The maximum absolute atomic E-state index is 13.4. The highest BCUT2D eigenvalue weighted by Gasteiger charge is 2.38. The van der Waals surface area contributed by atoms with Crippen LogP contribution in [0.1, 0.15) is 103 Å². The number of benzene rings is 2. The first-order chi connectivity index (χ1) is 32.1. The van der Waals surface area contributed by atoms with E-state index in [-0.39, 0.29) is 99.3 Å². The smallest absolute Gasteiger partial charge is 0.411 e. The van der Waals surface area contributed by atoms with E-state index in [2.05, 4.69) is 52.7 Å². The van der Waals surface area contributed by atoms with E-state index in [9.17, 15) is 48.6 Å². The lowest BCUT2D eigenvalue weighted by molar-refractivity contribution is -0.195. The number of aliphatic carboxylic acids is 1. The molecule has 1 fully saturated rings. The van der Waals surface area contributed by atoms with Gasteiger partial charge >= 0.3 is 12.1 Å². The third-order valence-electron chi connectivity index (χ3n) is 11.9. The van der Waals surface area contributed by atoms with Crippen molar-refractivity contribution in [2.24, 2.45) is 5.41 Å². The first-order valence-corrected chi connectivity index (χ1v) is 22.8. The molecule has 68 heavy (non-hydrogen) atoms. The third-order valence-corrected chi connectivity index (χ3v) is 11.9. The number of nitrogens with zero attached hydrogens (tertiary/aromatic N) is 1. The average molecular weight is 950 g/mol. The van der Waals surface area contributed by atoms with Crippen molar-refractivity contribution in [1.82, 2.24) is 31.5 Å². The summed E-state index contributed by atoms with van der Waals surface area (Å²) in [5.74, 6) is -3.20. The second kappa shape index (κ2) is 25.1. The molecule has 0 bridgehead atoms. The van der Waals surface area contributed by atoms with Crippen LogP contribution in [0.4, 0.5) is 10.5 Å². The summed E-state index contributed by atoms with van der Waals surface area (Å²) < 4.78 is 17.1. The summed E-state index contributed by atoms with van der Waals surface area (Å²) in [5, 5.41) is 36.7. The van der Waals surface area contributed by atoms with Gasteiger partial charge in [-0.3, -0.25) is 39.0 Å². The molecule has 2 aliphatic heterocycles. The molecule has 2 aromatic carbocycles. The van der Waals surface area contributed by atoms with E-state index in [1.54, 1.807) is 43.4 Å². The molecule has 2 heterocycles. The van der Waals surface area contributed by atoms with Crippen LogP contribution in [0.3, 0.4) is 0 Å². The molecule has 5 atom stereocenters. The Hall–Kier alpha value is -6.38. The number of carbonyl (C=O) groups is 8. The highest BCUT2D eigenvalue weighted by Crippen LogP contribution is 2.31. The largest absolute Gasteiger partial charge is 0.479 e. The first kappa shape index (κ1) is 54.2. The van der Waals surface area contributed by atoms with E-state index in [1.165, 1.54) is 12.2 Å². The van der Waals surface area contributed by atoms with Crippen molar-refractivity contribution in [3.05, 3.63) is 71.3 Å². The monoisotopic (exact) mass is 949 g/mol. The van der Waals surface area contributed by atoms with Gasteiger partial charge in [-0.2, -0.15) is 0 Å². The molecule has 2 aliphatic rings. The van der Waals surface area contributed by atoms with Crippen LogP contribution in [0.25, 0.3) is 0 Å². The Morgan fingerprint density at radius 2 is 1.57 bits per heavy atom. The highest BCUT2D eigenvalue weighted by molar-refractivity contribution is 6.12. The highest BCUT2D eigenvalue weighted by atomic mass is 16.7. The minimum Gasteiger partial charge on any atom is -0.479 e. The van der Waals surface area contributed by atoms with Gasteiger partial charge in [-0.25, -0.2) is 9.59 Å². The zero-order valence-electron chi connectivity index (χ0n) is 39.9. The van der Waals surface area contributed by atoms with Gasteiger partial charge in [-0.15, -0.1) is 0 Å². The Bertz CT molecular complexity index is 2150. The number of amides is 7. The number of carboxylic acid groups (broad SMARTS) is 1. The fourth-order valence-electron chi connectivity index (χ4n) is 7.32. The summed E-state index contributed by atoms with van der Waals surface area (Å²) in [5.41, 5.74) is 1.31. The Balaban J connectivity index is 1.30. The molecule has 5 unspecified atom stereocenters. The maximum atomic E-state index is 13.4. The summed E-state index contributed by atoms with van der Waals surface area (Å²) in [4.78, 5) is 100. The molecule has 0 spiro atoms. The van der Waals surface area contributed by atoms with Crippen LogP contribution in [0.15, 0.2) is 54.6 Å². The normalized spacial score (nSPS) is 18.0. The van der Waals surface area contributed by atoms with Crippen molar-refractivity contribution in [1.29, 1.82) is 0 Å². The van der Waals surface area contributed by atoms with E-state index in [4.69, 9.17) is 14.2 Å².